The number of aromatic nitrogens is 1. The molecule has 0 aliphatic carbocycles. The average molecular weight is 316 g/mol. The Bertz CT molecular complexity index is 704. The number of carbonyl (C=O) groups is 2. The molecule has 0 unspecified atom stereocenters. The molecule has 2 heterocycles. The van der Waals surface area contributed by atoms with Gasteiger partial charge in [-0.05, 0) is 0 Å². The van der Waals surface area contributed by atoms with E-state index in [2.05, 4.69) is 10.5 Å². The van der Waals surface area contributed by atoms with E-state index in [-0.39, 0.29) is 18.5 Å². The van der Waals surface area contributed by atoms with Gasteiger partial charge in [0.25, 0.3) is 5.91 Å². The maximum absolute atomic E-state index is 12.3. The molecule has 0 atom stereocenters. The molecule has 2 N–H and O–H groups in total. The average Bonchev–Trinajstić information content (AvgIpc) is 3.06. The smallest absolute Gasteiger partial charge is 0.329 e. The first kappa shape index (κ1) is 15.2. The van der Waals surface area contributed by atoms with E-state index in [0.29, 0.717) is 19.0 Å². The highest BCUT2D eigenvalue weighted by molar-refractivity contribution is 5.97. The molecular weight excluding hydrogens is 300 g/mol. The first-order chi connectivity index (χ1) is 11.1. The lowest BCUT2D eigenvalue weighted by Gasteiger charge is -2.33. The van der Waals surface area contributed by atoms with Crippen LogP contribution in [0.2, 0.25) is 0 Å². The van der Waals surface area contributed by atoms with Gasteiger partial charge in [-0.3, -0.25) is 4.79 Å². The van der Waals surface area contributed by atoms with Crippen molar-refractivity contribution in [3.05, 3.63) is 42.1 Å². The predicted octanol–water partition coefficient (Wildman–Crippen LogP) is 1.71. The number of carboxylic acids is 1. The Morgan fingerprint density at radius 2 is 1.87 bits per heavy atom. The Hall–Kier alpha value is -2.67. The third-order valence-corrected chi connectivity index (χ3v) is 3.91. The molecule has 3 rings (SSSR count). The molecule has 0 radical (unpaired) electrons. The standard InChI is InChI=1S/C16H16N2O5/c19-14(17-16(15(20)21)6-8-22-9-7-16)12-10-13(23-18-12)11-4-2-1-3-5-11/h1-5,10H,6-9H2,(H,17,19)(H,20,21). The fourth-order valence-corrected chi connectivity index (χ4v) is 2.51. The van der Waals surface area contributed by atoms with Crippen molar-refractivity contribution in [3.63, 3.8) is 0 Å². The van der Waals surface area contributed by atoms with Crippen LogP contribution >= 0.6 is 0 Å². The van der Waals surface area contributed by atoms with E-state index in [4.69, 9.17) is 9.26 Å². The van der Waals surface area contributed by atoms with Gasteiger partial charge in [0.15, 0.2) is 11.5 Å². The summed E-state index contributed by atoms with van der Waals surface area (Å²) >= 11 is 0. The van der Waals surface area contributed by atoms with Gasteiger partial charge in [-0.2, -0.15) is 0 Å². The van der Waals surface area contributed by atoms with Crippen molar-refractivity contribution in [2.45, 2.75) is 18.4 Å². The van der Waals surface area contributed by atoms with Crippen LogP contribution in [-0.2, 0) is 9.53 Å². The van der Waals surface area contributed by atoms with Gasteiger partial charge < -0.3 is 19.7 Å². The highest BCUT2D eigenvalue weighted by Crippen LogP contribution is 2.23. The van der Waals surface area contributed by atoms with Crippen LogP contribution in [0.15, 0.2) is 40.9 Å². The van der Waals surface area contributed by atoms with E-state index in [9.17, 15) is 14.7 Å². The number of benzene rings is 1. The molecule has 1 aromatic heterocycles. The van der Waals surface area contributed by atoms with Crippen LogP contribution in [0.5, 0.6) is 0 Å². The van der Waals surface area contributed by atoms with E-state index in [0.717, 1.165) is 5.56 Å². The number of hydrogen-bond acceptors (Lipinski definition) is 5. The molecule has 7 nitrogen and oxygen atoms in total. The monoisotopic (exact) mass is 316 g/mol. The van der Waals surface area contributed by atoms with Crippen molar-refractivity contribution in [1.29, 1.82) is 0 Å². The van der Waals surface area contributed by atoms with Crippen LogP contribution in [0.1, 0.15) is 23.3 Å². The molecule has 0 saturated carbocycles. The summed E-state index contributed by atoms with van der Waals surface area (Å²) in [5.74, 6) is -1.19. The summed E-state index contributed by atoms with van der Waals surface area (Å²) in [7, 11) is 0. The maximum Gasteiger partial charge on any atom is 0.329 e. The number of aliphatic carboxylic acids is 1. The molecule has 2 aromatic rings. The minimum atomic E-state index is -1.32. The molecule has 23 heavy (non-hydrogen) atoms. The second-order valence-corrected chi connectivity index (χ2v) is 5.40. The third-order valence-electron chi connectivity index (χ3n) is 3.91. The van der Waals surface area contributed by atoms with Crippen molar-refractivity contribution >= 4 is 11.9 Å². The summed E-state index contributed by atoms with van der Waals surface area (Å²) in [6.45, 7) is 0.585. The summed E-state index contributed by atoms with van der Waals surface area (Å²) in [4.78, 5) is 23.9. The number of hydrogen-bond donors (Lipinski definition) is 2. The molecule has 120 valence electrons. The maximum atomic E-state index is 12.3. The molecule has 1 fully saturated rings. The van der Waals surface area contributed by atoms with Gasteiger partial charge in [0.1, 0.15) is 5.54 Å². The number of ether oxygens (including phenoxy) is 1. The second-order valence-electron chi connectivity index (χ2n) is 5.40. The van der Waals surface area contributed by atoms with Crippen molar-refractivity contribution in [2.24, 2.45) is 0 Å². The summed E-state index contributed by atoms with van der Waals surface area (Å²) in [5, 5.41) is 15.8. The number of rotatable bonds is 4. The van der Waals surface area contributed by atoms with Gasteiger partial charge in [-0.25, -0.2) is 4.79 Å². The Kier molecular flexibility index (Phi) is 4.12. The Morgan fingerprint density at radius 3 is 2.52 bits per heavy atom. The normalized spacial score (nSPS) is 16.7. The van der Waals surface area contributed by atoms with Crippen molar-refractivity contribution in [3.8, 4) is 11.3 Å². The molecule has 1 amide bonds. The first-order valence-corrected chi connectivity index (χ1v) is 7.26. The highest BCUT2D eigenvalue weighted by Gasteiger charge is 2.42. The fourth-order valence-electron chi connectivity index (χ4n) is 2.51. The van der Waals surface area contributed by atoms with E-state index in [1.807, 2.05) is 30.3 Å². The molecule has 0 spiro atoms. The minimum Gasteiger partial charge on any atom is -0.480 e. The van der Waals surface area contributed by atoms with E-state index < -0.39 is 17.4 Å². The van der Waals surface area contributed by atoms with Gasteiger partial charge in [-0.15, -0.1) is 0 Å². The van der Waals surface area contributed by atoms with E-state index in [1.54, 1.807) is 0 Å². The molecular formula is C16H16N2O5. The summed E-state index contributed by atoms with van der Waals surface area (Å²) < 4.78 is 10.3. The number of carbonyl (C=O) groups excluding carboxylic acids is 1. The SMILES string of the molecule is O=C(NC1(C(=O)O)CCOCC1)c1cc(-c2ccccc2)on1. The lowest BCUT2D eigenvalue weighted by molar-refractivity contribution is -0.148. The number of amides is 1. The summed E-state index contributed by atoms with van der Waals surface area (Å²) in [6.07, 6.45) is 0.439. The minimum absolute atomic E-state index is 0.0518. The first-order valence-electron chi connectivity index (χ1n) is 7.26. The molecule has 1 aromatic carbocycles. The predicted molar refractivity (Wildman–Crippen MR) is 79.8 cm³/mol. The zero-order valence-corrected chi connectivity index (χ0v) is 12.3. The van der Waals surface area contributed by atoms with Gasteiger partial charge >= 0.3 is 5.97 Å². The zero-order valence-electron chi connectivity index (χ0n) is 12.3. The largest absolute Gasteiger partial charge is 0.480 e. The lowest BCUT2D eigenvalue weighted by Crippen LogP contribution is -2.57. The summed E-state index contributed by atoms with van der Waals surface area (Å²) in [6, 6.07) is 10.7. The second kappa shape index (κ2) is 6.21. The number of carboxylic acid groups (broad SMARTS) is 1. The lowest BCUT2D eigenvalue weighted by atomic mass is 9.90. The van der Waals surface area contributed by atoms with Crippen molar-refractivity contribution < 1.29 is 24.0 Å². The van der Waals surface area contributed by atoms with E-state index in [1.165, 1.54) is 6.07 Å². The van der Waals surface area contributed by atoms with Crippen LogP contribution < -0.4 is 5.32 Å². The molecule has 1 saturated heterocycles. The van der Waals surface area contributed by atoms with Crippen LogP contribution in [0.25, 0.3) is 11.3 Å². The van der Waals surface area contributed by atoms with Gasteiger partial charge in [-0.1, -0.05) is 35.5 Å². The zero-order chi connectivity index (χ0) is 16.3. The topological polar surface area (TPSA) is 102 Å². The third kappa shape index (κ3) is 3.09. The Morgan fingerprint density at radius 1 is 1.17 bits per heavy atom. The van der Waals surface area contributed by atoms with Crippen LogP contribution in [0.4, 0.5) is 0 Å². The van der Waals surface area contributed by atoms with Gasteiger partial charge in [0.05, 0.1) is 0 Å². The van der Waals surface area contributed by atoms with Crippen LogP contribution in [-0.4, -0.2) is 40.9 Å². The Balaban J connectivity index is 1.78. The van der Waals surface area contributed by atoms with E-state index >= 15 is 0 Å². The number of nitrogens with one attached hydrogen (secondary N) is 1. The van der Waals surface area contributed by atoms with Crippen LogP contribution in [0.3, 0.4) is 0 Å². The quantitative estimate of drug-likeness (QED) is 0.890. The molecule has 1 aliphatic rings. The highest BCUT2D eigenvalue weighted by atomic mass is 16.5. The van der Waals surface area contributed by atoms with Gasteiger partial charge in [0.2, 0.25) is 0 Å². The molecule has 0 bridgehead atoms. The number of nitrogens with zero attached hydrogens (tertiary/aromatic N) is 1. The fraction of sp³-hybridized carbons (Fsp3) is 0.312. The molecule has 1 aliphatic heterocycles. The van der Waals surface area contributed by atoms with Crippen molar-refractivity contribution in [1.82, 2.24) is 10.5 Å². The van der Waals surface area contributed by atoms with Crippen LogP contribution in [0, 0.1) is 0 Å². The Labute approximate surface area is 132 Å². The summed E-state index contributed by atoms with van der Waals surface area (Å²) in [5.41, 5.74) is -0.477. The van der Waals surface area contributed by atoms with Crippen molar-refractivity contribution in [2.75, 3.05) is 13.2 Å². The molecule has 7 heteroatoms. The van der Waals surface area contributed by atoms with Gasteiger partial charge in [0, 0.05) is 37.7 Å².